The van der Waals surface area contributed by atoms with Gasteiger partial charge in [0.2, 0.25) is 0 Å². The van der Waals surface area contributed by atoms with Crippen molar-refractivity contribution in [3.8, 4) is 45.3 Å². The van der Waals surface area contributed by atoms with Gasteiger partial charge in [0.25, 0.3) is 0 Å². The van der Waals surface area contributed by atoms with Crippen LogP contribution in [0.15, 0.2) is 211 Å². The second kappa shape index (κ2) is 14.0. The fraction of sp³-hybridized carbons (Fsp3) is 0. The molecule has 0 aliphatic rings. The van der Waals surface area contributed by atoms with Crippen LogP contribution in [0, 0.1) is 0 Å². The van der Waals surface area contributed by atoms with E-state index >= 15 is 0 Å². The summed E-state index contributed by atoms with van der Waals surface area (Å²) in [5.41, 5.74) is 9.70. The van der Waals surface area contributed by atoms with Crippen LogP contribution < -0.4 is 4.90 Å². The molecule has 11 aromatic rings. The molecule has 5 heteroatoms. The fourth-order valence-corrected chi connectivity index (χ4v) is 8.14. The molecule has 0 saturated carbocycles. The summed E-state index contributed by atoms with van der Waals surface area (Å²) in [5, 5.41) is 6.55. The number of aromatic nitrogens is 3. The van der Waals surface area contributed by atoms with Crippen molar-refractivity contribution in [2.45, 2.75) is 0 Å². The van der Waals surface area contributed by atoms with E-state index in [1.807, 2.05) is 48.5 Å². The van der Waals surface area contributed by atoms with E-state index in [1.165, 1.54) is 10.8 Å². The SMILES string of the molecule is c1ccc(-c2ccc(-c3nc(-c4ccccc4)nc(-c4cccc5oc6cc(N(c7ccccc7)c7ccc8ccccc8c7)c7ccccc7c6c45)n3)cc2)cc1. The summed E-state index contributed by atoms with van der Waals surface area (Å²) in [6.07, 6.45) is 0. The third kappa shape index (κ3) is 5.85. The molecule has 272 valence electrons. The Labute approximate surface area is 335 Å². The Morgan fingerprint density at radius 3 is 1.66 bits per heavy atom. The molecule has 0 aliphatic carbocycles. The van der Waals surface area contributed by atoms with Gasteiger partial charge in [-0.25, -0.2) is 15.0 Å². The van der Waals surface area contributed by atoms with E-state index in [0.717, 1.165) is 77.6 Å². The van der Waals surface area contributed by atoms with Gasteiger partial charge in [-0.3, -0.25) is 0 Å². The lowest BCUT2D eigenvalue weighted by molar-refractivity contribution is 0.669. The number of benzene rings is 9. The molecule has 0 radical (unpaired) electrons. The predicted molar refractivity (Wildman–Crippen MR) is 239 cm³/mol. The molecule has 5 nitrogen and oxygen atoms in total. The van der Waals surface area contributed by atoms with Gasteiger partial charge in [-0.05, 0) is 57.6 Å². The largest absolute Gasteiger partial charge is 0.456 e. The summed E-state index contributed by atoms with van der Waals surface area (Å²) in [5.74, 6) is 1.80. The number of rotatable bonds is 7. The zero-order chi connectivity index (χ0) is 38.4. The number of nitrogens with zero attached hydrogens (tertiary/aromatic N) is 4. The Kier molecular flexibility index (Phi) is 8.07. The molecule has 9 aromatic carbocycles. The molecule has 0 amide bonds. The summed E-state index contributed by atoms with van der Waals surface area (Å²) in [7, 11) is 0. The van der Waals surface area contributed by atoms with Crippen LogP contribution in [-0.2, 0) is 0 Å². The minimum Gasteiger partial charge on any atom is -0.456 e. The molecular weight excluding hydrogens is 709 g/mol. The first-order chi connectivity index (χ1) is 28.7. The number of anilines is 3. The first kappa shape index (κ1) is 33.4. The summed E-state index contributed by atoms with van der Waals surface area (Å²) in [4.78, 5) is 17.7. The lowest BCUT2D eigenvalue weighted by Gasteiger charge is -2.27. The number of hydrogen-bond acceptors (Lipinski definition) is 5. The van der Waals surface area contributed by atoms with E-state index in [-0.39, 0.29) is 0 Å². The molecule has 0 spiro atoms. The molecule has 58 heavy (non-hydrogen) atoms. The van der Waals surface area contributed by atoms with Gasteiger partial charge in [-0.1, -0.05) is 170 Å². The van der Waals surface area contributed by atoms with Gasteiger partial charge in [0, 0.05) is 50.3 Å². The van der Waals surface area contributed by atoms with Crippen LogP contribution in [0.1, 0.15) is 0 Å². The van der Waals surface area contributed by atoms with E-state index < -0.39 is 0 Å². The zero-order valence-corrected chi connectivity index (χ0v) is 31.3. The van der Waals surface area contributed by atoms with E-state index in [0.29, 0.717) is 17.5 Å². The Morgan fingerprint density at radius 2 is 0.914 bits per heavy atom. The van der Waals surface area contributed by atoms with E-state index in [1.54, 1.807) is 0 Å². The highest BCUT2D eigenvalue weighted by Gasteiger charge is 2.23. The highest BCUT2D eigenvalue weighted by atomic mass is 16.3. The lowest BCUT2D eigenvalue weighted by Crippen LogP contribution is -2.10. The van der Waals surface area contributed by atoms with E-state index in [9.17, 15) is 0 Å². The van der Waals surface area contributed by atoms with Gasteiger partial charge in [-0.15, -0.1) is 0 Å². The molecular formula is C53H34N4O. The van der Waals surface area contributed by atoms with Crippen LogP contribution >= 0.6 is 0 Å². The topological polar surface area (TPSA) is 55.1 Å². The van der Waals surface area contributed by atoms with Crippen molar-refractivity contribution < 1.29 is 4.42 Å². The van der Waals surface area contributed by atoms with Gasteiger partial charge in [0.15, 0.2) is 17.5 Å². The normalized spacial score (nSPS) is 11.4. The molecule has 0 unspecified atom stereocenters. The summed E-state index contributed by atoms with van der Waals surface area (Å²) in [6.45, 7) is 0. The van der Waals surface area contributed by atoms with Gasteiger partial charge in [0.1, 0.15) is 11.2 Å². The number of hydrogen-bond donors (Lipinski definition) is 0. The summed E-state index contributed by atoms with van der Waals surface area (Å²) >= 11 is 0. The minimum absolute atomic E-state index is 0.583. The molecule has 0 bridgehead atoms. The third-order valence-electron chi connectivity index (χ3n) is 10.9. The minimum atomic E-state index is 0.583. The molecule has 0 saturated heterocycles. The Morgan fingerprint density at radius 1 is 0.345 bits per heavy atom. The maximum atomic E-state index is 6.84. The van der Waals surface area contributed by atoms with Gasteiger partial charge < -0.3 is 9.32 Å². The predicted octanol–water partition coefficient (Wildman–Crippen LogP) is 14.2. The first-order valence-corrected chi connectivity index (χ1v) is 19.4. The second-order valence-electron chi connectivity index (χ2n) is 14.4. The highest BCUT2D eigenvalue weighted by Crippen LogP contribution is 2.46. The van der Waals surface area contributed by atoms with Crippen molar-refractivity contribution in [1.29, 1.82) is 0 Å². The molecule has 2 aromatic heterocycles. The lowest BCUT2D eigenvalue weighted by atomic mass is 9.98. The smallest absolute Gasteiger partial charge is 0.164 e. The van der Waals surface area contributed by atoms with Gasteiger partial charge >= 0.3 is 0 Å². The molecule has 0 aliphatic heterocycles. The van der Waals surface area contributed by atoms with Crippen molar-refractivity contribution in [2.24, 2.45) is 0 Å². The third-order valence-corrected chi connectivity index (χ3v) is 10.9. The first-order valence-electron chi connectivity index (χ1n) is 19.4. The van der Waals surface area contributed by atoms with Gasteiger partial charge in [0.05, 0.1) is 5.69 Å². The average molecular weight is 743 g/mol. The van der Waals surface area contributed by atoms with Crippen LogP contribution in [0.5, 0.6) is 0 Å². The van der Waals surface area contributed by atoms with Crippen molar-refractivity contribution in [2.75, 3.05) is 4.90 Å². The molecule has 0 N–H and O–H groups in total. The maximum absolute atomic E-state index is 6.84. The van der Waals surface area contributed by atoms with E-state index in [4.69, 9.17) is 19.4 Å². The highest BCUT2D eigenvalue weighted by molar-refractivity contribution is 6.25. The number of furan rings is 1. The number of para-hydroxylation sites is 1. The van der Waals surface area contributed by atoms with Crippen LogP contribution in [-0.4, -0.2) is 15.0 Å². The Hall–Kier alpha value is -7.89. The average Bonchev–Trinajstić information content (AvgIpc) is 3.69. The van der Waals surface area contributed by atoms with Crippen molar-refractivity contribution in [3.05, 3.63) is 206 Å². The summed E-state index contributed by atoms with van der Waals surface area (Å²) < 4.78 is 6.84. The second-order valence-corrected chi connectivity index (χ2v) is 14.4. The zero-order valence-electron chi connectivity index (χ0n) is 31.3. The molecule has 11 rings (SSSR count). The van der Waals surface area contributed by atoms with Crippen molar-refractivity contribution in [1.82, 2.24) is 15.0 Å². The standard InChI is InChI=1S/C53H34N4O/c1-4-15-35(16-5-1)37-27-29-39(30-28-37)52-54-51(38-18-6-2-7-19-38)55-53(56-52)45-25-14-26-47-50(45)49-44-24-13-12-23-43(44)46(34-48(49)58-47)57(41-21-8-3-9-22-41)42-32-31-36-17-10-11-20-40(36)33-42/h1-34H. The molecule has 2 heterocycles. The van der Waals surface area contributed by atoms with Crippen LogP contribution in [0.3, 0.4) is 0 Å². The van der Waals surface area contributed by atoms with Gasteiger partial charge in [-0.2, -0.15) is 0 Å². The van der Waals surface area contributed by atoms with Crippen molar-refractivity contribution in [3.63, 3.8) is 0 Å². The molecule has 0 fully saturated rings. The Balaban J connectivity index is 1.13. The van der Waals surface area contributed by atoms with Crippen LogP contribution in [0.4, 0.5) is 17.1 Å². The summed E-state index contributed by atoms with van der Waals surface area (Å²) in [6, 6.07) is 71.6. The number of fused-ring (bicyclic) bond motifs is 6. The quantitative estimate of drug-likeness (QED) is 0.163. The monoisotopic (exact) mass is 742 g/mol. The Bertz CT molecular complexity index is 3270. The van der Waals surface area contributed by atoms with Crippen molar-refractivity contribution >= 4 is 60.5 Å². The van der Waals surface area contributed by atoms with E-state index in [2.05, 4.69) is 163 Å². The fourth-order valence-electron chi connectivity index (χ4n) is 8.14. The molecule has 0 atom stereocenters. The maximum Gasteiger partial charge on any atom is 0.164 e. The van der Waals surface area contributed by atoms with Crippen LogP contribution in [0.25, 0.3) is 88.8 Å². The van der Waals surface area contributed by atoms with Crippen LogP contribution in [0.2, 0.25) is 0 Å².